The predicted octanol–water partition coefficient (Wildman–Crippen LogP) is 2.39. The third kappa shape index (κ3) is 5.65. The summed E-state index contributed by atoms with van der Waals surface area (Å²) >= 11 is 0. The third-order valence-corrected chi connectivity index (χ3v) is 3.32. The molecule has 0 fully saturated rings. The lowest BCUT2D eigenvalue weighted by Crippen LogP contribution is -2.22. The normalized spacial score (nSPS) is 10.2. The minimum atomic E-state index is -1.16. The van der Waals surface area contributed by atoms with E-state index in [1.54, 1.807) is 12.1 Å². The molecule has 25 heavy (non-hydrogen) atoms. The number of nitro groups is 1. The number of nitrogens with one attached hydrogen (secondary N) is 2. The average molecular weight is 347 g/mol. The smallest absolute Gasteiger partial charge is 0.371 e. The minimum Gasteiger partial charge on any atom is -0.475 e. The predicted molar refractivity (Wildman–Crippen MR) is 88.3 cm³/mol. The molecule has 0 saturated heterocycles. The molecule has 3 N–H and O–H groups in total. The number of hydrogen-bond acceptors (Lipinski definition) is 6. The zero-order valence-corrected chi connectivity index (χ0v) is 13.2. The summed E-state index contributed by atoms with van der Waals surface area (Å²) < 4.78 is 5.03. The molecule has 1 amide bonds. The van der Waals surface area contributed by atoms with Gasteiger partial charge in [-0.2, -0.15) is 0 Å². The molecule has 0 aliphatic heterocycles. The highest BCUT2D eigenvalue weighted by atomic mass is 16.6. The van der Waals surface area contributed by atoms with Crippen molar-refractivity contribution in [1.82, 2.24) is 5.32 Å². The Balaban J connectivity index is 1.64. The molecule has 9 nitrogen and oxygen atoms in total. The van der Waals surface area contributed by atoms with Gasteiger partial charge in [0.25, 0.3) is 5.69 Å². The summed E-state index contributed by atoms with van der Waals surface area (Å²) in [5.41, 5.74) is 0.761. The Hall–Kier alpha value is -3.36. The molecule has 132 valence electrons. The van der Waals surface area contributed by atoms with Crippen molar-refractivity contribution in [3.63, 3.8) is 0 Å². The number of anilines is 1. The maximum atomic E-state index is 11.7. The van der Waals surface area contributed by atoms with Crippen LogP contribution in [0.3, 0.4) is 0 Å². The number of rotatable bonds is 9. The van der Waals surface area contributed by atoms with Crippen LogP contribution < -0.4 is 10.6 Å². The molecule has 0 aliphatic carbocycles. The number of nitro benzene ring substituents is 1. The van der Waals surface area contributed by atoms with E-state index in [4.69, 9.17) is 9.52 Å². The Kier molecular flexibility index (Phi) is 6.10. The number of aromatic carboxylic acids is 1. The molecule has 0 bridgehead atoms. The zero-order chi connectivity index (χ0) is 18.2. The number of furan rings is 1. The Morgan fingerprint density at radius 3 is 2.48 bits per heavy atom. The number of amides is 1. The molecule has 1 heterocycles. The number of non-ortho nitro benzene ring substituents is 1. The lowest BCUT2D eigenvalue weighted by atomic mass is 10.2. The van der Waals surface area contributed by atoms with Gasteiger partial charge < -0.3 is 20.2 Å². The van der Waals surface area contributed by atoms with Crippen molar-refractivity contribution < 1.29 is 24.0 Å². The van der Waals surface area contributed by atoms with Gasteiger partial charge >= 0.3 is 5.97 Å². The van der Waals surface area contributed by atoms with Gasteiger partial charge in [0, 0.05) is 30.8 Å². The van der Waals surface area contributed by atoms with E-state index in [0.717, 1.165) is 5.69 Å². The van der Waals surface area contributed by atoms with E-state index in [0.29, 0.717) is 18.7 Å². The van der Waals surface area contributed by atoms with Gasteiger partial charge in [0.1, 0.15) is 5.76 Å². The van der Waals surface area contributed by atoms with Gasteiger partial charge in [0.2, 0.25) is 11.7 Å². The Labute approximate surface area is 142 Å². The maximum Gasteiger partial charge on any atom is 0.371 e. The van der Waals surface area contributed by atoms with Gasteiger partial charge in [-0.1, -0.05) is 0 Å². The highest BCUT2D eigenvalue weighted by molar-refractivity contribution is 5.84. The quantitative estimate of drug-likeness (QED) is 0.360. The first-order valence-electron chi connectivity index (χ1n) is 7.53. The number of carboxylic acids is 1. The van der Waals surface area contributed by atoms with E-state index in [1.165, 1.54) is 24.3 Å². The van der Waals surface area contributed by atoms with Gasteiger partial charge in [-0.25, -0.2) is 4.79 Å². The number of hydrogen-bond donors (Lipinski definition) is 3. The second-order valence-corrected chi connectivity index (χ2v) is 5.18. The van der Waals surface area contributed by atoms with Crippen LogP contribution in [0.4, 0.5) is 11.4 Å². The first-order valence-corrected chi connectivity index (χ1v) is 7.53. The molecule has 0 spiro atoms. The molecule has 9 heteroatoms. The Bertz CT molecular complexity index is 753. The van der Waals surface area contributed by atoms with Crippen molar-refractivity contribution in [2.45, 2.75) is 19.4 Å². The summed E-state index contributed by atoms with van der Waals surface area (Å²) in [4.78, 5) is 32.5. The lowest BCUT2D eigenvalue weighted by Gasteiger charge is -2.06. The Morgan fingerprint density at radius 1 is 1.16 bits per heavy atom. The lowest BCUT2D eigenvalue weighted by molar-refractivity contribution is -0.384. The van der Waals surface area contributed by atoms with Crippen LogP contribution in [0.2, 0.25) is 0 Å². The van der Waals surface area contributed by atoms with E-state index >= 15 is 0 Å². The zero-order valence-electron chi connectivity index (χ0n) is 13.2. The molecular weight excluding hydrogens is 330 g/mol. The van der Waals surface area contributed by atoms with E-state index in [9.17, 15) is 19.7 Å². The van der Waals surface area contributed by atoms with Gasteiger partial charge in [-0.3, -0.25) is 14.9 Å². The number of carboxylic acid groups (broad SMARTS) is 1. The highest BCUT2D eigenvalue weighted by Gasteiger charge is 2.09. The second kappa shape index (κ2) is 8.48. The van der Waals surface area contributed by atoms with Crippen molar-refractivity contribution in [3.8, 4) is 0 Å². The number of carbonyl (C=O) groups excluding carboxylic acids is 1. The van der Waals surface area contributed by atoms with Crippen LogP contribution in [0.1, 0.15) is 29.2 Å². The van der Waals surface area contributed by atoms with Crippen LogP contribution >= 0.6 is 0 Å². The molecule has 1 aromatic carbocycles. The molecule has 0 radical (unpaired) electrons. The molecule has 2 aromatic rings. The van der Waals surface area contributed by atoms with Crippen LogP contribution in [0, 0.1) is 10.1 Å². The van der Waals surface area contributed by atoms with Gasteiger partial charge in [-0.05, 0) is 30.7 Å². The van der Waals surface area contributed by atoms with Crippen molar-refractivity contribution >= 4 is 23.3 Å². The maximum absolute atomic E-state index is 11.7. The SMILES string of the molecule is O=C(CCCNc1ccc([N+](=O)[O-])cc1)NCc1ccc(C(=O)O)o1. The fraction of sp³-hybridized carbons (Fsp3) is 0.250. The fourth-order valence-electron chi connectivity index (χ4n) is 2.04. The van der Waals surface area contributed by atoms with Crippen molar-refractivity contribution in [1.29, 1.82) is 0 Å². The van der Waals surface area contributed by atoms with Crippen LogP contribution in [0.15, 0.2) is 40.8 Å². The monoisotopic (exact) mass is 347 g/mol. The van der Waals surface area contributed by atoms with Crippen molar-refractivity contribution in [3.05, 3.63) is 58.0 Å². The topological polar surface area (TPSA) is 135 Å². The van der Waals surface area contributed by atoms with Crippen molar-refractivity contribution in [2.75, 3.05) is 11.9 Å². The van der Waals surface area contributed by atoms with Crippen LogP contribution in [0.25, 0.3) is 0 Å². The van der Waals surface area contributed by atoms with Crippen LogP contribution in [-0.2, 0) is 11.3 Å². The van der Waals surface area contributed by atoms with Gasteiger partial charge in [0.15, 0.2) is 0 Å². The van der Waals surface area contributed by atoms with Gasteiger partial charge in [-0.15, -0.1) is 0 Å². The molecular formula is C16H17N3O6. The summed E-state index contributed by atoms with van der Waals surface area (Å²) in [5, 5.41) is 25.0. The molecule has 1 aromatic heterocycles. The molecule has 0 aliphatic rings. The second-order valence-electron chi connectivity index (χ2n) is 5.18. The number of nitrogens with zero attached hydrogens (tertiary/aromatic N) is 1. The van der Waals surface area contributed by atoms with E-state index < -0.39 is 10.9 Å². The van der Waals surface area contributed by atoms with Gasteiger partial charge in [0.05, 0.1) is 11.5 Å². The van der Waals surface area contributed by atoms with Crippen molar-refractivity contribution in [2.24, 2.45) is 0 Å². The van der Waals surface area contributed by atoms with Crippen LogP contribution in [-0.4, -0.2) is 28.5 Å². The Morgan fingerprint density at radius 2 is 1.88 bits per heavy atom. The molecule has 0 unspecified atom stereocenters. The third-order valence-electron chi connectivity index (χ3n) is 3.32. The highest BCUT2D eigenvalue weighted by Crippen LogP contribution is 2.15. The summed E-state index contributed by atoms with van der Waals surface area (Å²) in [6, 6.07) is 8.86. The first-order chi connectivity index (χ1) is 12.0. The summed E-state index contributed by atoms with van der Waals surface area (Å²) in [5.74, 6) is -1.14. The fourth-order valence-corrected chi connectivity index (χ4v) is 2.04. The van der Waals surface area contributed by atoms with E-state index in [1.807, 2.05) is 0 Å². The van der Waals surface area contributed by atoms with E-state index in [-0.39, 0.29) is 30.3 Å². The minimum absolute atomic E-state index is 0.0221. The largest absolute Gasteiger partial charge is 0.475 e. The molecule has 0 atom stereocenters. The first kappa shape index (κ1) is 18.0. The summed E-state index contributed by atoms with van der Waals surface area (Å²) in [7, 11) is 0. The number of benzene rings is 1. The summed E-state index contributed by atoms with van der Waals surface area (Å²) in [6.45, 7) is 0.664. The molecule has 2 rings (SSSR count). The van der Waals surface area contributed by atoms with Crippen LogP contribution in [0.5, 0.6) is 0 Å². The molecule has 0 saturated carbocycles. The average Bonchev–Trinajstić information content (AvgIpc) is 3.06. The van der Waals surface area contributed by atoms with E-state index in [2.05, 4.69) is 10.6 Å². The summed E-state index contributed by atoms with van der Waals surface area (Å²) in [6.07, 6.45) is 0.855. The number of carbonyl (C=O) groups is 2. The standard InChI is InChI=1S/C16H17N3O6/c20-15(18-10-13-7-8-14(25-13)16(21)22)2-1-9-17-11-3-5-12(6-4-11)19(23)24/h3-8,17H,1-2,9-10H2,(H,18,20)(H,21,22).